The van der Waals surface area contributed by atoms with E-state index in [1.54, 1.807) is 24.3 Å². The largest absolute Gasteiger partial charge is 0.476 e. The van der Waals surface area contributed by atoms with Crippen molar-refractivity contribution in [3.63, 3.8) is 0 Å². The van der Waals surface area contributed by atoms with Crippen LogP contribution in [0, 0.1) is 5.92 Å². The number of hydrogen-bond acceptors (Lipinski definition) is 3. The highest BCUT2D eigenvalue weighted by molar-refractivity contribution is 6.34. The van der Waals surface area contributed by atoms with Crippen LogP contribution >= 0.6 is 23.2 Å². The summed E-state index contributed by atoms with van der Waals surface area (Å²) in [5.41, 5.74) is 1.12. The lowest BCUT2D eigenvalue weighted by atomic mass is 9.87. The first-order valence-electron chi connectivity index (χ1n) is 9.43. The van der Waals surface area contributed by atoms with Gasteiger partial charge >= 0.3 is 5.97 Å². The van der Waals surface area contributed by atoms with Crippen LogP contribution in [-0.2, 0) is 0 Å². The molecule has 0 spiro atoms. The summed E-state index contributed by atoms with van der Waals surface area (Å²) in [5, 5.41) is 12.5. The molecular weight excluding hydrogens is 399 g/mol. The SMILES string of the molecule is O=C(NCCC1CCCCC1)c1cc(-c2ccc(Cl)c(C(=O)O)n2)ccc1Cl. The molecule has 1 heterocycles. The third-order valence-corrected chi connectivity index (χ3v) is 5.75. The topological polar surface area (TPSA) is 79.3 Å². The number of carboxylic acid groups (broad SMARTS) is 1. The summed E-state index contributed by atoms with van der Waals surface area (Å²) in [6.07, 6.45) is 7.32. The van der Waals surface area contributed by atoms with Crippen molar-refractivity contribution in [3.8, 4) is 11.3 Å². The molecule has 1 amide bonds. The normalized spacial score (nSPS) is 14.6. The first kappa shape index (κ1) is 20.6. The second-order valence-corrected chi connectivity index (χ2v) is 7.89. The van der Waals surface area contributed by atoms with Crippen LogP contribution in [0.25, 0.3) is 11.3 Å². The molecule has 7 heteroatoms. The zero-order valence-electron chi connectivity index (χ0n) is 15.4. The molecule has 1 aliphatic rings. The van der Waals surface area contributed by atoms with Crippen molar-refractivity contribution in [2.75, 3.05) is 6.54 Å². The van der Waals surface area contributed by atoms with Crippen LogP contribution in [0.15, 0.2) is 30.3 Å². The Labute approximate surface area is 174 Å². The van der Waals surface area contributed by atoms with Gasteiger partial charge in [-0.15, -0.1) is 0 Å². The number of nitrogens with zero attached hydrogens (tertiary/aromatic N) is 1. The lowest BCUT2D eigenvalue weighted by molar-refractivity contribution is 0.0690. The number of nitrogens with one attached hydrogen (secondary N) is 1. The quantitative estimate of drug-likeness (QED) is 0.650. The van der Waals surface area contributed by atoms with Crippen molar-refractivity contribution >= 4 is 35.1 Å². The molecule has 1 aliphatic carbocycles. The molecule has 2 N–H and O–H groups in total. The summed E-state index contributed by atoms with van der Waals surface area (Å²) < 4.78 is 0. The fourth-order valence-corrected chi connectivity index (χ4v) is 3.96. The van der Waals surface area contributed by atoms with E-state index in [9.17, 15) is 14.7 Å². The molecule has 148 valence electrons. The van der Waals surface area contributed by atoms with E-state index in [4.69, 9.17) is 23.2 Å². The molecule has 0 aliphatic heterocycles. The summed E-state index contributed by atoms with van der Waals surface area (Å²) >= 11 is 12.1. The van der Waals surface area contributed by atoms with E-state index < -0.39 is 5.97 Å². The number of pyridine rings is 1. The predicted molar refractivity (Wildman–Crippen MR) is 110 cm³/mol. The first-order valence-corrected chi connectivity index (χ1v) is 10.2. The summed E-state index contributed by atoms with van der Waals surface area (Å²) in [6, 6.07) is 8.03. The Morgan fingerprint density at radius 2 is 1.79 bits per heavy atom. The Kier molecular flexibility index (Phi) is 6.92. The second kappa shape index (κ2) is 9.39. The number of rotatable bonds is 6. The summed E-state index contributed by atoms with van der Waals surface area (Å²) in [5.74, 6) is -0.764. The van der Waals surface area contributed by atoms with E-state index in [0.717, 1.165) is 6.42 Å². The van der Waals surface area contributed by atoms with Crippen molar-refractivity contribution in [1.82, 2.24) is 10.3 Å². The molecule has 5 nitrogen and oxygen atoms in total. The van der Waals surface area contributed by atoms with Gasteiger partial charge in [0.25, 0.3) is 5.91 Å². The number of aromatic carboxylic acids is 1. The Morgan fingerprint density at radius 1 is 1.07 bits per heavy atom. The number of carbonyl (C=O) groups excluding carboxylic acids is 1. The van der Waals surface area contributed by atoms with Crippen LogP contribution in [0.1, 0.15) is 59.4 Å². The number of carboxylic acids is 1. The van der Waals surface area contributed by atoms with Crippen LogP contribution in [-0.4, -0.2) is 28.5 Å². The van der Waals surface area contributed by atoms with Gasteiger partial charge in [0.05, 0.1) is 21.3 Å². The van der Waals surface area contributed by atoms with Crippen LogP contribution in [0.4, 0.5) is 0 Å². The molecule has 0 unspecified atom stereocenters. The smallest absolute Gasteiger partial charge is 0.356 e. The summed E-state index contributed by atoms with van der Waals surface area (Å²) in [7, 11) is 0. The van der Waals surface area contributed by atoms with Gasteiger partial charge < -0.3 is 10.4 Å². The molecule has 0 atom stereocenters. The highest BCUT2D eigenvalue weighted by atomic mass is 35.5. The van der Waals surface area contributed by atoms with Gasteiger partial charge in [0.1, 0.15) is 0 Å². The van der Waals surface area contributed by atoms with E-state index in [2.05, 4.69) is 10.3 Å². The number of amides is 1. The molecule has 1 aromatic carbocycles. The van der Waals surface area contributed by atoms with E-state index in [0.29, 0.717) is 34.3 Å². The van der Waals surface area contributed by atoms with Crippen molar-refractivity contribution in [2.24, 2.45) is 5.92 Å². The minimum Gasteiger partial charge on any atom is -0.476 e. The molecule has 1 aromatic heterocycles. The van der Waals surface area contributed by atoms with Gasteiger partial charge in [-0.1, -0.05) is 61.4 Å². The van der Waals surface area contributed by atoms with Crippen LogP contribution in [0.5, 0.6) is 0 Å². The molecule has 1 fully saturated rings. The average Bonchev–Trinajstić information content (AvgIpc) is 2.69. The molecule has 28 heavy (non-hydrogen) atoms. The molecule has 0 bridgehead atoms. The lowest BCUT2D eigenvalue weighted by Crippen LogP contribution is -2.26. The van der Waals surface area contributed by atoms with Crippen molar-refractivity contribution < 1.29 is 14.7 Å². The lowest BCUT2D eigenvalue weighted by Gasteiger charge is -2.21. The summed E-state index contributed by atoms with van der Waals surface area (Å²) in [4.78, 5) is 27.9. The third kappa shape index (κ3) is 5.03. The maximum Gasteiger partial charge on any atom is 0.356 e. The van der Waals surface area contributed by atoms with Crippen molar-refractivity contribution in [3.05, 3.63) is 51.6 Å². The number of benzene rings is 1. The average molecular weight is 421 g/mol. The monoisotopic (exact) mass is 420 g/mol. The van der Waals surface area contributed by atoms with E-state index in [1.165, 1.54) is 38.2 Å². The zero-order valence-corrected chi connectivity index (χ0v) is 16.9. The van der Waals surface area contributed by atoms with E-state index in [1.807, 2.05) is 0 Å². The van der Waals surface area contributed by atoms with E-state index in [-0.39, 0.29) is 16.6 Å². The fraction of sp³-hybridized carbons (Fsp3) is 0.381. The van der Waals surface area contributed by atoms with Gasteiger partial charge in [-0.3, -0.25) is 4.79 Å². The Morgan fingerprint density at radius 3 is 2.50 bits per heavy atom. The maximum atomic E-state index is 12.6. The molecule has 0 saturated heterocycles. The number of carbonyl (C=O) groups is 2. The van der Waals surface area contributed by atoms with Gasteiger partial charge in [-0.2, -0.15) is 0 Å². The first-order chi connectivity index (χ1) is 13.5. The second-order valence-electron chi connectivity index (χ2n) is 7.08. The van der Waals surface area contributed by atoms with Crippen molar-refractivity contribution in [2.45, 2.75) is 38.5 Å². The molecule has 3 rings (SSSR count). The minimum absolute atomic E-state index is 0.0610. The Balaban J connectivity index is 1.73. The van der Waals surface area contributed by atoms with Gasteiger partial charge in [0, 0.05) is 12.1 Å². The van der Waals surface area contributed by atoms with Gasteiger partial charge in [-0.05, 0) is 36.6 Å². The van der Waals surface area contributed by atoms with Gasteiger partial charge in [0.15, 0.2) is 5.69 Å². The summed E-state index contributed by atoms with van der Waals surface area (Å²) in [6.45, 7) is 0.617. The maximum absolute atomic E-state index is 12.6. The Bertz CT molecular complexity index is 880. The van der Waals surface area contributed by atoms with Crippen molar-refractivity contribution in [1.29, 1.82) is 0 Å². The number of hydrogen-bond donors (Lipinski definition) is 2. The molecular formula is C21H22Cl2N2O3. The van der Waals surface area contributed by atoms with Crippen LogP contribution < -0.4 is 5.32 Å². The number of aromatic nitrogens is 1. The van der Waals surface area contributed by atoms with Crippen LogP contribution in [0.3, 0.4) is 0 Å². The molecule has 2 aromatic rings. The van der Waals surface area contributed by atoms with Gasteiger partial charge in [-0.25, -0.2) is 9.78 Å². The van der Waals surface area contributed by atoms with E-state index >= 15 is 0 Å². The van der Waals surface area contributed by atoms with Crippen LogP contribution in [0.2, 0.25) is 10.0 Å². The standard InChI is InChI=1S/C21H22Cl2N2O3/c22-16-7-6-14(18-9-8-17(23)19(25-18)21(27)28)12-15(16)20(26)24-11-10-13-4-2-1-3-5-13/h6-9,12-13H,1-5,10-11H2,(H,24,26)(H,27,28). The highest BCUT2D eigenvalue weighted by Crippen LogP contribution is 2.27. The highest BCUT2D eigenvalue weighted by Gasteiger charge is 2.17. The minimum atomic E-state index is -1.21. The molecule has 0 radical (unpaired) electrons. The van der Waals surface area contributed by atoms with Gasteiger partial charge in [0.2, 0.25) is 0 Å². The molecule has 1 saturated carbocycles. The zero-order chi connectivity index (χ0) is 20.1. The predicted octanol–water partition coefficient (Wildman–Crippen LogP) is 5.45. The third-order valence-electron chi connectivity index (χ3n) is 5.12. The Hall–Kier alpha value is -2.11. The number of halogens is 2. The fourth-order valence-electron chi connectivity index (χ4n) is 3.57.